The second-order valence-electron chi connectivity index (χ2n) is 7.93. The van der Waals surface area contributed by atoms with E-state index in [1.54, 1.807) is 30.3 Å². The Balaban J connectivity index is 1.53. The fourth-order valence-electron chi connectivity index (χ4n) is 4.74. The average Bonchev–Trinajstić information content (AvgIpc) is 3.10. The van der Waals surface area contributed by atoms with Gasteiger partial charge in [-0.25, -0.2) is 13.1 Å². The van der Waals surface area contributed by atoms with Gasteiger partial charge in [0.15, 0.2) is 0 Å². The Kier molecular flexibility index (Phi) is 4.85. The van der Waals surface area contributed by atoms with Gasteiger partial charge in [0.2, 0.25) is 10.0 Å². The van der Waals surface area contributed by atoms with Crippen molar-refractivity contribution in [2.75, 3.05) is 0 Å². The maximum atomic E-state index is 12.8. The van der Waals surface area contributed by atoms with Crippen LogP contribution in [0.25, 0.3) is 21.8 Å². The molecule has 5 nitrogen and oxygen atoms in total. The summed E-state index contributed by atoms with van der Waals surface area (Å²) in [6.07, 6.45) is 1.43. The van der Waals surface area contributed by atoms with Crippen LogP contribution < -0.4 is 4.72 Å². The van der Waals surface area contributed by atoms with Crippen LogP contribution in [0, 0.1) is 0 Å². The van der Waals surface area contributed by atoms with Gasteiger partial charge in [-0.05, 0) is 43.5 Å². The number of aromatic nitrogens is 1. The van der Waals surface area contributed by atoms with Gasteiger partial charge in [-0.2, -0.15) is 0 Å². The summed E-state index contributed by atoms with van der Waals surface area (Å²) in [5.41, 5.74) is 2.13. The van der Waals surface area contributed by atoms with Gasteiger partial charge in [0.1, 0.15) is 0 Å². The SMILES string of the molecule is O=S(=O)(N[C@@H]1CCCC(n2c3ccccc3c3ccccc32)[C@H]1O)c1ccccc1. The lowest BCUT2D eigenvalue weighted by atomic mass is 9.88. The number of rotatable bonds is 4. The van der Waals surface area contributed by atoms with E-state index in [0.29, 0.717) is 6.42 Å². The Labute approximate surface area is 176 Å². The van der Waals surface area contributed by atoms with Gasteiger partial charge < -0.3 is 9.67 Å². The number of nitrogens with zero attached hydrogens (tertiary/aromatic N) is 1. The number of benzene rings is 3. The third-order valence-electron chi connectivity index (χ3n) is 6.13. The molecular weight excluding hydrogens is 396 g/mol. The highest BCUT2D eigenvalue weighted by atomic mass is 32.2. The molecule has 3 aromatic carbocycles. The van der Waals surface area contributed by atoms with Crippen molar-refractivity contribution >= 4 is 31.8 Å². The molecule has 1 unspecified atom stereocenters. The van der Waals surface area contributed by atoms with E-state index in [1.165, 1.54) is 0 Å². The standard InChI is InChI=1S/C24H24N2O3S/c27-24-20(25-30(28,29)17-9-2-1-3-10-17)13-8-16-23(24)26-21-14-6-4-11-18(21)19-12-5-7-15-22(19)26/h1-7,9-12,14-15,20,23-25,27H,8,13,16H2/t20-,23?,24+/m1/s1. The summed E-state index contributed by atoms with van der Waals surface area (Å²) in [6, 6.07) is 24.0. The van der Waals surface area contributed by atoms with Crippen molar-refractivity contribution in [1.29, 1.82) is 0 Å². The van der Waals surface area contributed by atoms with Gasteiger partial charge >= 0.3 is 0 Å². The minimum atomic E-state index is -3.69. The van der Waals surface area contributed by atoms with Crippen LogP contribution in [-0.4, -0.2) is 30.2 Å². The van der Waals surface area contributed by atoms with E-state index in [4.69, 9.17) is 0 Å². The number of hydrogen-bond donors (Lipinski definition) is 2. The first-order valence-electron chi connectivity index (χ1n) is 10.3. The molecule has 0 aliphatic heterocycles. The highest BCUT2D eigenvalue weighted by Gasteiger charge is 2.36. The molecule has 2 N–H and O–H groups in total. The first-order chi connectivity index (χ1) is 14.6. The molecule has 1 heterocycles. The average molecular weight is 421 g/mol. The summed E-state index contributed by atoms with van der Waals surface area (Å²) in [5, 5.41) is 13.6. The van der Waals surface area contributed by atoms with Crippen LogP contribution in [0.15, 0.2) is 83.8 Å². The number of sulfonamides is 1. The van der Waals surface area contributed by atoms with Crippen LogP contribution in [0.3, 0.4) is 0 Å². The zero-order valence-corrected chi connectivity index (χ0v) is 17.3. The predicted molar refractivity (Wildman–Crippen MR) is 119 cm³/mol. The predicted octanol–water partition coefficient (Wildman–Crippen LogP) is 4.23. The van der Waals surface area contributed by atoms with Crippen molar-refractivity contribution in [1.82, 2.24) is 9.29 Å². The molecule has 30 heavy (non-hydrogen) atoms. The van der Waals surface area contributed by atoms with Gasteiger partial charge in [0, 0.05) is 21.8 Å². The molecule has 1 aliphatic carbocycles. The molecule has 154 valence electrons. The van der Waals surface area contributed by atoms with Crippen LogP contribution in [0.4, 0.5) is 0 Å². The molecule has 0 radical (unpaired) electrons. The topological polar surface area (TPSA) is 71.3 Å². The minimum absolute atomic E-state index is 0.202. The van der Waals surface area contributed by atoms with E-state index in [0.717, 1.165) is 34.6 Å². The van der Waals surface area contributed by atoms with E-state index in [1.807, 2.05) is 24.3 Å². The van der Waals surface area contributed by atoms with Gasteiger partial charge in [0.25, 0.3) is 0 Å². The quantitative estimate of drug-likeness (QED) is 0.519. The largest absolute Gasteiger partial charge is 0.389 e. The first kappa shape index (κ1) is 19.3. The Hall–Kier alpha value is -2.67. The molecule has 0 bridgehead atoms. The molecule has 1 saturated carbocycles. The highest BCUT2D eigenvalue weighted by molar-refractivity contribution is 7.89. The van der Waals surface area contributed by atoms with Crippen LogP contribution in [-0.2, 0) is 10.0 Å². The highest BCUT2D eigenvalue weighted by Crippen LogP contribution is 2.38. The Morgan fingerprint density at radius 3 is 2.00 bits per heavy atom. The molecule has 4 aromatic rings. The number of nitrogens with one attached hydrogen (secondary N) is 1. The van der Waals surface area contributed by atoms with Crippen molar-refractivity contribution in [3.63, 3.8) is 0 Å². The van der Waals surface area contributed by atoms with Crippen molar-refractivity contribution < 1.29 is 13.5 Å². The van der Waals surface area contributed by atoms with Crippen LogP contribution in [0.2, 0.25) is 0 Å². The minimum Gasteiger partial charge on any atom is -0.389 e. The van der Waals surface area contributed by atoms with Gasteiger partial charge in [-0.15, -0.1) is 0 Å². The smallest absolute Gasteiger partial charge is 0.240 e. The maximum absolute atomic E-state index is 12.8. The lowest BCUT2D eigenvalue weighted by molar-refractivity contribution is 0.0547. The molecule has 0 spiro atoms. The van der Waals surface area contributed by atoms with Crippen molar-refractivity contribution in [3.8, 4) is 0 Å². The Bertz CT molecular complexity index is 1240. The van der Waals surface area contributed by atoms with Gasteiger partial charge in [-0.1, -0.05) is 54.6 Å². The molecule has 6 heteroatoms. The zero-order valence-electron chi connectivity index (χ0n) is 16.5. The van der Waals surface area contributed by atoms with E-state index < -0.39 is 22.2 Å². The molecule has 1 aliphatic rings. The third-order valence-corrected chi connectivity index (χ3v) is 7.64. The van der Waals surface area contributed by atoms with E-state index in [2.05, 4.69) is 33.6 Å². The van der Waals surface area contributed by atoms with Crippen LogP contribution >= 0.6 is 0 Å². The molecule has 0 saturated heterocycles. The molecular formula is C24H24N2O3S. The third kappa shape index (κ3) is 3.21. The fourth-order valence-corrected chi connectivity index (χ4v) is 6.05. The van der Waals surface area contributed by atoms with Crippen LogP contribution in [0.5, 0.6) is 0 Å². The van der Waals surface area contributed by atoms with Crippen molar-refractivity contribution in [3.05, 3.63) is 78.9 Å². The number of hydrogen-bond acceptors (Lipinski definition) is 3. The number of aliphatic hydroxyl groups excluding tert-OH is 1. The normalized spacial score (nSPS) is 22.5. The molecule has 1 fully saturated rings. The summed E-state index contributed by atoms with van der Waals surface area (Å²) in [7, 11) is -3.69. The Morgan fingerprint density at radius 1 is 0.800 bits per heavy atom. The first-order valence-corrected chi connectivity index (χ1v) is 11.8. The summed E-state index contributed by atoms with van der Waals surface area (Å²) in [6.45, 7) is 0. The van der Waals surface area contributed by atoms with E-state index in [9.17, 15) is 13.5 Å². The molecule has 3 atom stereocenters. The van der Waals surface area contributed by atoms with Gasteiger partial charge in [0.05, 0.1) is 23.1 Å². The zero-order chi connectivity index (χ0) is 20.7. The summed E-state index contributed by atoms with van der Waals surface area (Å²) < 4.78 is 30.6. The molecule has 0 amide bonds. The van der Waals surface area contributed by atoms with Crippen molar-refractivity contribution in [2.24, 2.45) is 0 Å². The van der Waals surface area contributed by atoms with Crippen molar-refractivity contribution in [2.45, 2.75) is 42.3 Å². The summed E-state index contributed by atoms with van der Waals surface area (Å²) in [4.78, 5) is 0.219. The lowest BCUT2D eigenvalue weighted by Gasteiger charge is -2.36. The van der Waals surface area contributed by atoms with Crippen LogP contribution in [0.1, 0.15) is 25.3 Å². The second-order valence-corrected chi connectivity index (χ2v) is 9.65. The number of fused-ring (bicyclic) bond motifs is 3. The van der Waals surface area contributed by atoms with E-state index >= 15 is 0 Å². The number of para-hydroxylation sites is 2. The monoisotopic (exact) mass is 420 g/mol. The second kappa shape index (κ2) is 7.54. The number of aliphatic hydroxyl groups is 1. The lowest BCUT2D eigenvalue weighted by Crippen LogP contribution is -2.49. The maximum Gasteiger partial charge on any atom is 0.240 e. The van der Waals surface area contributed by atoms with E-state index in [-0.39, 0.29) is 10.9 Å². The van der Waals surface area contributed by atoms with Gasteiger partial charge in [-0.3, -0.25) is 0 Å². The summed E-state index contributed by atoms with van der Waals surface area (Å²) >= 11 is 0. The Morgan fingerprint density at radius 2 is 1.37 bits per heavy atom. The fraction of sp³-hybridized carbons (Fsp3) is 0.250. The molecule has 1 aromatic heterocycles. The summed E-state index contributed by atoms with van der Waals surface area (Å²) in [5.74, 6) is 0. The molecule has 5 rings (SSSR count).